The van der Waals surface area contributed by atoms with E-state index < -0.39 is 0 Å². The van der Waals surface area contributed by atoms with Crippen molar-refractivity contribution in [1.29, 1.82) is 0 Å². The van der Waals surface area contributed by atoms with Crippen molar-refractivity contribution in [1.82, 2.24) is 9.97 Å². The molecule has 0 saturated heterocycles. The fraction of sp³-hybridized carbons (Fsp3) is 0.286. The highest BCUT2D eigenvalue weighted by atomic mass is 14.6. The predicted molar refractivity (Wildman–Crippen MR) is 128 cm³/mol. The summed E-state index contributed by atoms with van der Waals surface area (Å²) in [7, 11) is 0. The van der Waals surface area contributed by atoms with E-state index in [1.165, 1.54) is 44.2 Å². The summed E-state index contributed by atoms with van der Waals surface area (Å²) in [5.74, 6) is 0. The Morgan fingerprint density at radius 3 is 1.10 bits per heavy atom. The second-order valence-electron chi connectivity index (χ2n) is 10.0. The van der Waals surface area contributed by atoms with Crippen molar-refractivity contribution in [3.8, 4) is 22.3 Å². The quantitative estimate of drug-likeness (QED) is 0.350. The van der Waals surface area contributed by atoms with E-state index in [0.717, 1.165) is 0 Å². The van der Waals surface area contributed by atoms with Crippen LogP contribution in [-0.4, -0.2) is 9.97 Å². The second kappa shape index (κ2) is 7.36. The van der Waals surface area contributed by atoms with Gasteiger partial charge < -0.3 is 0 Å². The van der Waals surface area contributed by atoms with Crippen molar-refractivity contribution in [3.05, 3.63) is 84.4 Å². The summed E-state index contributed by atoms with van der Waals surface area (Å²) in [6, 6.07) is 17.6. The van der Waals surface area contributed by atoms with Gasteiger partial charge in [-0.25, -0.2) is 0 Å². The van der Waals surface area contributed by atoms with E-state index in [-0.39, 0.29) is 10.8 Å². The van der Waals surface area contributed by atoms with Gasteiger partial charge in [0.1, 0.15) is 0 Å². The number of benzene rings is 2. The first kappa shape index (κ1) is 20.3. The fourth-order valence-corrected chi connectivity index (χ4v) is 4.57. The Morgan fingerprint density at radius 2 is 0.800 bits per heavy atom. The summed E-state index contributed by atoms with van der Waals surface area (Å²) in [6.07, 6.45) is 7.50. The van der Waals surface area contributed by atoms with E-state index in [0.29, 0.717) is 0 Å². The van der Waals surface area contributed by atoms with Gasteiger partial charge in [0, 0.05) is 24.8 Å². The maximum Gasteiger partial charge on any atom is 0.0273 e. The van der Waals surface area contributed by atoms with Crippen LogP contribution in [-0.2, 0) is 10.8 Å². The number of nitrogens with zero attached hydrogens (tertiary/aromatic N) is 2. The van der Waals surface area contributed by atoms with Gasteiger partial charge in [-0.15, -0.1) is 0 Å². The van der Waals surface area contributed by atoms with Crippen LogP contribution in [0.25, 0.3) is 33.0 Å². The highest BCUT2D eigenvalue weighted by molar-refractivity contribution is 5.99. The molecule has 0 N–H and O–H groups in total. The van der Waals surface area contributed by atoms with E-state index in [4.69, 9.17) is 0 Å². The van der Waals surface area contributed by atoms with Gasteiger partial charge in [-0.2, -0.15) is 0 Å². The molecule has 0 spiro atoms. The van der Waals surface area contributed by atoms with E-state index in [1.807, 2.05) is 24.8 Å². The standard InChI is InChI=1S/C28H30N2/c1-27(2,3)25-21(19-11-15-29-16-12-19)7-10-24-23(25)9-8-22(26(24)28(4,5)6)20-13-17-30-18-14-20/h7-18H,1-6H3. The third kappa shape index (κ3) is 3.63. The Balaban J connectivity index is 2.12. The lowest BCUT2D eigenvalue weighted by Gasteiger charge is -2.30. The summed E-state index contributed by atoms with van der Waals surface area (Å²) in [5, 5.41) is 2.67. The van der Waals surface area contributed by atoms with E-state index >= 15 is 0 Å². The minimum absolute atomic E-state index is 0.00541. The van der Waals surface area contributed by atoms with Crippen molar-refractivity contribution in [3.63, 3.8) is 0 Å². The lowest BCUT2D eigenvalue weighted by atomic mass is 9.74. The van der Waals surface area contributed by atoms with E-state index in [9.17, 15) is 0 Å². The Bertz CT molecular complexity index is 1080. The van der Waals surface area contributed by atoms with Crippen LogP contribution >= 0.6 is 0 Å². The maximum absolute atomic E-state index is 4.21. The topological polar surface area (TPSA) is 25.8 Å². The highest BCUT2D eigenvalue weighted by Gasteiger charge is 2.27. The molecule has 2 heterocycles. The third-order valence-corrected chi connectivity index (χ3v) is 5.68. The highest BCUT2D eigenvalue weighted by Crippen LogP contribution is 2.44. The minimum Gasteiger partial charge on any atom is -0.265 e. The zero-order chi connectivity index (χ0) is 21.5. The molecule has 2 nitrogen and oxygen atoms in total. The van der Waals surface area contributed by atoms with Crippen LogP contribution in [0.4, 0.5) is 0 Å². The van der Waals surface area contributed by atoms with Crippen LogP contribution in [0.1, 0.15) is 52.7 Å². The van der Waals surface area contributed by atoms with Gasteiger partial charge in [-0.05, 0) is 79.2 Å². The zero-order valence-electron chi connectivity index (χ0n) is 18.8. The van der Waals surface area contributed by atoms with E-state index in [1.54, 1.807) is 0 Å². The van der Waals surface area contributed by atoms with Gasteiger partial charge in [-0.1, -0.05) is 65.8 Å². The Kier molecular flexibility index (Phi) is 4.97. The molecule has 2 heteroatoms. The molecule has 0 aliphatic carbocycles. The summed E-state index contributed by atoms with van der Waals surface area (Å²) >= 11 is 0. The van der Waals surface area contributed by atoms with Crippen molar-refractivity contribution in [2.75, 3.05) is 0 Å². The molecule has 0 atom stereocenters. The lowest BCUT2D eigenvalue weighted by Crippen LogP contribution is -2.17. The van der Waals surface area contributed by atoms with Crippen LogP contribution in [0.15, 0.2) is 73.3 Å². The first-order chi connectivity index (χ1) is 14.2. The molecule has 4 rings (SSSR count). The van der Waals surface area contributed by atoms with Crippen LogP contribution in [0.3, 0.4) is 0 Å². The largest absolute Gasteiger partial charge is 0.265 e. The van der Waals surface area contributed by atoms with Crippen molar-refractivity contribution < 1.29 is 0 Å². The smallest absolute Gasteiger partial charge is 0.0273 e. The van der Waals surface area contributed by atoms with Crippen molar-refractivity contribution in [2.24, 2.45) is 0 Å². The van der Waals surface area contributed by atoms with Crippen molar-refractivity contribution >= 4 is 10.8 Å². The predicted octanol–water partition coefficient (Wildman–Crippen LogP) is 7.56. The minimum atomic E-state index is 0.00541. The van der Waals surface area contributed by atoms with Crippen LogP contribution < -0.4 is 0 Å². The molecule has 0 aliphatic rings. The number of aromatic nitrogens is 2. The average molecular weight is 395 g/mol. The van der Waals surface area contributed by atoms with Gasteiger partial charge in [0.2, 0.25) is 0 Å². The summed E-state index contributed by atoms with van der Waals surface area (Å²) in [5.41, 5.74) is 7.79. The molecule has 30 heavy (non-hydrogen) atoms. The molecule has 0 unspecified atom stereocenters. The van der Waals surface area contributed by atoms with Gasteiger partial charge in [0.05, 0.1) is 0 Å². The SMILES string of the molecule is CC(C)(C)c1c(-c2ccncc2)ccc2c(C(C)(C)C)c(-c3ccncc3)ccc12. The average Bonchev–Trinajstić information content (AvgIpc) is 2.71. The van der Waals surface area contributed by atoms with Crippen LogP contribution in [0.2, 0.25) is 0 Å². The number of pyridine rings is 2. The molecule has 152 valence electrons. The number of rotatable bonds is 2. The van der Waals surface area contributed by atoms with Gasteiger partial charge in [0.15, 0.2) is 0 Å². The molecule has 0 radical (unpaired) electrons. The molecule has 0 fully saturated rings. The molecular formula is C28H30N2. The third-order valence-electron chi connectivity index (χ3n) is 5.68. The first-order valence-corrected chi connectivity index (χ1v) is 10.6. The van der Waals surface area contributed by atoms with Gasteiger partial charge >= 0.3 is 0 Å². The van der Waals surface area contributed by atoms with Gasteiger partial charge in [0.25, 0.3) is 0 Å². The van der Waals surface area contributed by atoms with Crippen LogP contribution in [0.5, 0.6) is 0 Å². The number of fused-ring (bicyclic) bond motifs is 1. The molecule has 0 saturated carbocycles. The Hall–Kier alpha value is -3.00. The number of hydrogen-bond acceptors (Lipinski definition) is 2. The van der Waals surface area contributed by atoms with Crippen LogP contribution in [0, 0.1) is 0 Å². The summed E-state index contributed by atoms with van der Waals surface area (Å²) < 4.78 is 0. The zero-order valence-corrected chi connectivity index (χ0v) is 18.8. The Labute approximate surface area is 180 Å². The molecule has 0 amide bonds. The normalized spacial score (nSPS) is 12.3. The fourth-order valence-electron chi connectivity index (χ4n) is 4.57. The number of hydrogen-bond donors (Lipinski definition) is 0. The monoisotopic (exact) mass is 394 g/mol. The molecule has 2 aromatic carbocycles. The summed E-state index contributed by atoms with van der Waals surface area (Å²) in [4.78, 5) is 8.42. The molecule has 0 aliphatic heterocycles. The maximum atomic E-state index is 4.21. The lowest BCUT2D eigenvalue weighted by molar-refractivity contribution is 0.592. The summed E-state index contributed by atoms with van der Waals surface area (Å²) in [6.45, 7) is 13.8. The Morgan fingerprint density at radius 1 is 0.467 bits per heavy atom. The molecule has 2 aromatic heterocycles. The van der Waals surface area contributed by atoms with E-state index in [2.05, 4.69) is 100 Å². The van der Waals surface area contributed by atoms with Crippen molar-refractivity contribution in [2.45, 2.75) is 52.4 Å². The first-order valence-electron chi connectivity index (χ1n) is 10.6. The molecule has 4 aromatic rings. The second-order valence-corrected chi connectivity index (χ2v) is 10.0. The van der Waals surface area contributed by atoms with Gasteiger partial charge in [-0.3, -0.25) is 9.97 Å². The molecule has 0 bridgehead atoms. The molecular weight excluding hydrogens is 364 g/mol.